The Bertz CT molecular complexity index is 265. The summed E-state index contributed by atoms with van der Waals surface area (Å²) in [6.07, 6.45) is 8.84. The maximum absolute atomic E-state index is 11.2. The Morgan fingerprint density at radius 1 is 1.25 bits per heavy atom. The van der Waals surface area contributed by atoms with Gasteiger partial charge in [-0.15, -0.1) is 0 Å². The lowest BCUT2D eigenvalue weighted by Crippen LogP contribution is -2.14. The second kappa shape index (κ2) is 5.51. The average molecular weight is 224 g/mol. The molecule has 0 aliphatic heterocycles. The van der Waals surface area contributed by atoms with Gasteiger partial charge in [0.15, 0.2) is 0 Å². The summed E-state index contributed by atoms with van der Waals surface area (Å²) in [5.41, 5.74) is 0.665. The molecule has 0 spiro atoms. The van der Waals surface area contributed by atoms with Gasteiger partial charge in [-0.1, -0.05) is 46.1 Å². The van der Waals surface area contributed by atoms with Crippen LogP contribution in [-0.2, 0) is 4.79 Å². The number of carbonyl (C=O) groups is 1. The van der Waals surface area contributed by atoms with Crippen LogP contribution in [0.15, 0.2) is 11.6 Å². The minimum atomic E-state index is -0.736. The quantitative estimate of drug-likeness (QED) is 0.735. The molecule has 1 saturated carbocycles. The summed E-state index contributed by atoms with van der Waals surface area (Å²) in [5.74, 6) is -0.234. The minimum absolute atomic E-state index is 0.0545. The van der Waals surface area contributed by atoms with E-state index in [1.165, 1.54) is 32.1 Å². The molecule has 0 aromatic heterocycles. The molecule has 0 aromatic carbocycles. The Labute approximate surface area is 98.7 Å². The number of carboxylic acids is 1. The lowest BCUT2D eigenvalue weighted by atomic mass is 9.83. The lowest BCUT2D eigenvalue weighted by Gasteiger charge is -2.22. The lowest BCUT2D eigenvalue weighted by molar-refractivity contribution is -0.133. The number of hydrogen-bond acceptors (Lipinski definition) is 1. The van der Waals surface area contributed by atoms with Gasteiger partial charge in [-0.3, -0.25) is 0 Å². The highest BCUT2D eigenvalue weighted by molar-refractivity contribution is 5.86. The average Bonchev–Trinajstić information content (AvgIpc) is 2.16. The molecule has 2 heteroatoms. The van der Waals surface area contributed by atoms with Gasteiger partial charge in [0.05, 0.1) is 0 Å². The molecule has 16 heavy (non-hydrogen) atoms. The van der Waals surface area contributed by atoms with Crippen LogP contribution < -0.4 is 0 Å². The highest BCUT2D eigenvalue weighted by Crippen LogP contribution is 2.29. The van der Waals surface area contributed by atoms with Crippen molar-refractivity contribution in [2.24, 2.45) is 11.3 Å². The third kappa shape index (κ3) is 4.82. The highest BCUT2D eigenvalue weighted by Gasteiger charge is 2.20. The fraction of sp³-hybridized carbons (Fsp3) is 0.786. The predicted molar refractivity (Wildman–Crippen MR) is 66.4 cm³/mol. The number of carboxylic acid groups (broad SMARTS) is 1. The zero-order chi connectivity index (χ0) is 12.2. The fourth-order valence-corrected chi connectivity index (χ4v) is 2.36. The number of hydrogen-bond donors (Lipinski definition) is 1. The van der Waals surface area contributed by atoms with Crippen molar-refractivity contribution in [3.8, 4) is 0 Å². The summed E-state index contributed by atoms with van der Waals surface area (Å²) in [5, 5.41) is 9.20. The van der Waals surface area contributed by atoms with E-state index in [2.05, 4.69) is 20.8 Å². The van der Waals surface area contributed by atoms with Crippen molar-refractivity contribution < 1.29 is 9.90 Å². The number of allylic oxidation sites excluding steroid dienone is 1. The molecule has 0 radical (unpaired) electrons. The molecule has 1 N–H and O–H groups in total. The summed E-state index contributed by atoms with van der Waals surface area (Å²) in [4.78, 5) is 11.2. The summed E-state index contributed by atoms with van der Waals surface area (Å²) in [7, 11) is 0. The Balaban J connectivity index is 2.68. The molecule has 1 aliphatic carbocycles. The standard InChI is InChI=1S/C14H24O2/c1-14(2,3)10-12(13(15)16)9-11-7-5-4-6-8-11/h9,11H,4-8,10H2,1-3H3,(H,15,16). The van der Waals surface area contributed by atoms with Gasteiger partial charge in [-0.2, -0.15) is 0 Å². The van der Waals surface area contributed by atoms with Crippen molar-refractivity contribution in [1.82, 2.24) is 0 Å². The normalized spacial score (nSPS) is 19.8. The van der Waals surface area contributed by atoms with Crippen LogP contribution in [0.3, 0.4) is 0 Å². The first kappa shape index (κ1) is 13.3. The summed E-state index contributed by atoms with van der Waals surface area (Å²) in [6.45, 7) is 6.26. The van der Waals surface area contributed by atoms with Crippen LogP contribution >= 0.6 is 0 Å². The van der Waals surface area contributed by atoms with Crippen LogP contribution in [0.25, 0.3) is 0 Å². The van der Waals surface area contributed by atoms with E-state index in [0.29, 0.717) is 17.9 Å². The molecule has 1 rings (SSSR count). The SMILES string of the molecule is CC(C)(C)CC(=CC1CCCCC1)C(=O)O. The van der Waals surface area contributed by atoms with Crippen LogP contribution in [0.4, 0.5) is 0 Å². The van der Waals surface area contributed by atoms with Gasteiger partial charge >= 0.3 is 5.97 Å². The zero-order valence-corrected chi connectivity index (χ0v) is 10.8. The smallest absolute Gasteiger partial charge is 0.331 e. The van der Waals surface area contributed by atoms with E-state index in [0.717, 1.165) is 0 Å². The van der Waals surface area contributed by atoms with Gasteiger partial charge in [-0.25, -0.2) is 4.79 Å². The van der Waals surface area contributed by atoms with Gasteiger partial charge in [0.1, 0.15) is 0 Å². The van der Waals surface area contributed by atoms with Gasteiger partial charge in [0.25, 0.3) is 0 Å². The van der Waals surface area contributed by atoms with Crippen molar-refractivity contribution >= 4 is 5.97 Å². The zero-order valence-electron chi connectivity index (χ0n) is 10.8. The van der Waals surface area contributed by atoms with E-state index in [-0.39, 0.29) is 5.41 Å². The molecule has 0 unspecified atom stereocenters. The van der Waals surface area contributed by atoms with E-state index in [1.54, 1.807) is 0 Å². The van der Waals surface area contributed by atoms with E-state index in [1.807, 2.05) is 6.08 Å². The number of rotatable bonds is 3. The van der Waals surface area contributed by atoms with Crippen LogP contribution in [0.5, 0.6) is 0 Å². The summed E-state index contributed by atoms with van der Waals surface area (Å²) in [6, 6.07) is 0. The van der Waals surface area contributed by atoms with Gasteiger partial charge in [0.2, 0.25) is 0 Å². The summed E-state index contributed by atoms with van der Waals surface area (Å²) >= 11 is 0. The van der Waals surface area contributed by atoms with Crippen LogP contribution in [-0.4, -0.2) is 11.1 Å². The molecule has 0 aromatic rings. The molecule has 0 amide bonds. The Morgan fingerprint density at radius 3 is 2.25 bits per heavy atom. The van der Waals surface area contributed by atoms with Crippen LogP contribution in [0, 0.1) is 11.3 Å². The van der Waals surface area contributed by atoms with E-state index >= 15 is 0 Å². The molecule has 0 bridgehead atoms. The molecular formula is C14H24O2. The largest absolute Gasteiger partial charge is 0.478 e. The van der Waals surface area contributed by atoms with Gasteiger partial charge in [0, 0.05) is 5.57 Å². The van der Waals surface area contributed by atoms with Gasteiger partial charge in [-0.05, 0) is 30.6 Å². The van der Waals surface area contributed by atoms with Crippen molar-refractivity contribution in [2.45, 2.75) is 59.3 Å². The maximum Gasteiger partial charge on any atom is 0.331 e. The molecular weight excluding hydrogens is 200 g/mol. The predicted octanol–water partition coefficient (Wildman–Crippen LogP) is 4.01. The van der Waals surface area contributed by atoms with Gasteiger partial charge < -0.3 is 5.11 Å². The number of aliphatic carboxylic acids is 1. The first-order valence-electron chi connectivity index (χ1n) is 6.32. The Morgan fingerprint density at radius 2 is 1.81 bits per heavy atom. The van der Waals surface area contributed by atoms with Crippen molar-refractivity contribution in [3.63, 3.8) is 0 Å². The topological polar surface area (TPSA) is 37.3 Å². The van der Waals surface area contributed by atoms with E-state index in [4.69, 9.17) is 0 Å². The van der Waals surface area contributed by atoms with Crippen molar-refractivity contribution in [2.75, 3.05) is 0 Å². The Kier molecular flexibility index (Phi) is 4.57. The Hall–Kier alpha value is -0.790. The monoisotopic (exact) mass is 224 g/mol. The van der Waals surface area contributed by atoms with E-state index in [9.17, 15) is 9.90 Å². The first-order chi connectivity index (χ1) is 7.38. The molecule has 0 saturated heterocycles. The molecule has 0 atom stereocenters. The third-order valence-corrected chi connectivity index (χ3v) is 3.08. The van der Waals surface area contributed by atoms with Crippen molar-refractivity contribution in [3.05, 3.63) is 11.6 Å². The van der Waals surface area contributed by atoms with Crippen LogP contribution in [0.1, 0.15) is 59.3 Å². The molecule has 0 heterocycles. The molecule has 1 aliphatic rings. The molecule has 92 valence electrons. The molecule has 2 nitrogen and oxygen atoms in total. The second-order valence-corrected chi connectivity index (χ2v) is 6.13. The molecule has 1 fully saturated rings. The van der Waals surface area contributed by atoms with Crippen LogP contribution in [0.2, 0.25) is 0 Å². The van der Waals surface area contributed by atoms with E-state index < -0.39 is 5.97 Å². The first-order valence-corrected chi connectivity index (χ1v) is 6.32. The highest BCUT2D eigenvalue weighted by atomic mass is 16.4. The minimum Gasteiger partial charge on any atom is -0.478 e. The third-order valence-electron chi connectivity index (χ3n) is 3.08. The summed E-state index contributed by atoms with van der Waals surface area (Å²) < 4.78 is 0. The second-order valence-electron chi connectivity index (χ2n) is 6.13. The fourth-order valence-electron chi connectivity index (χ4n) is 2.36. The van der Waals surface area contributed by atoms with Crippen molar-refractivity contribution in [1.29, 1.82) is 0 Å². The maximum atomic E-state index is 11.2.